The molecule has 0 saturated heterocycles. The number of carbonyl (C=O) groups excluding carboxylic acids is 2. The van der Waals surface area contributed by atoms with E-state index in [1.807, 2.05) is 37.9 Å². The second kappa shape index (κ2) is 6.40. The zero-order valence-corrected chi connectivity index (χ0v) is 14.6. The summed E-state index contributed by atoms with van der Waals surface area (Å²) in [5.74, 6) is 0.0643. The molecule has 1 amide bonds. The molecule has 3 rings (SSSR count). The van der Waals surface area contributed by atoms with Gasteiger partial charge >= 0.3 is 0 Å². The predicted molar refractivity (Wildman–Crippen MR) is 95.6 cm³/mol. The number of anilines is 1. The Hall–Kier alpha value is -2.14. The maximum atomic E-state index is 12.8. The van der Waals surface area contributed by atoms with Crippen LogP contribution in [0.5, 0.6) is 0 Å². The molecule has 1 aliphatic heterocycles. The van der Waals surface area contributed by atoms with E-state index in [-0.39, 0.29) is 23.7 Å². The van der Waals surface area contributed by atoms with Crippen LogP contribution < -0.4 is 5.73 Å². The van der Waals surface area contributed by atoms with Gasteiger partial charge in [0.1, 0.15) is 0 Å². The molecule has 0 fully saturated rings. The molecule has 0 spiro atoms. The number of rotatable bonds is 3. The van der Waals surface area contributed by atoms with Gasteiger partial charge in [0.25, 0.3) is 0 Å². The number of likely N-dealkylation sites (N-methyl/N-ethyl adjacent to an activating group) is 1. The minimum absolute atomic E-state index is 0.0348. The molecule has 2 unspecified atom stereocenters. The number of fused-ring (bicyclic) bond motifs is 3. The summed E-state index contributed by atoms with van der Waals surface area (Å²) >= 11 is 0. The number of nitrogens with zero attached hydrogens (tertiary/aromatic N) is 2. The second-order valence-corrected chi connectivity index (χ2v) is 6.59. The molecular formula is C19H25N3O2. The van der Waals surface area contributed by atoms with Crippen molar-refractivity contribution >= 4 is 23.0 Å². The normalized spacial score (nSPS) is 23.3. The number of nitrogens with two attached hydrogens (primary N) is 1. The summed E-state index contributed by atoms with van der Waals surface area (Å²) in [5.41, 5.74) is 9.13. The number of hydrogen-bond acceptors (Lipinski definition) is 4. The Bertz CT molecular complexity index is 707. The highest BCUT2D eigenvalue weighted by molar-refractivity contribution is 6.09. The molecule has 1 aliphatic carbocycles. The average Bonchev–Trinajstić information content (AvgIpc) is 2.56. The van der Waals surface area contributed by atoms with Gasteiger partial charge in [-0.05, 0) is 38.1 Å². The van der Waals surface area contributed by atoms with Crippen molar-refractivity contribution in [3.05, 3.63) is 35.4 Å². The number of Topliss-reactive ketones (excluding diaryl/α,β-unsaturated/α-hetero) is 1. The van der Waals surface area contributed by atoms with E-state index in [1.54, 1.807) is 6.07 Å². The number of hydrogen-bond donors (Lipinski definition) is 1. The van der Waals surface area contributed by atoms with Crippen LogP contribution in [0.3, 0.4) is 0 Å². The van der Waals surface area contributed by atoms with E-state index in [9.17, 15) is 9.59 Å². The molecule has 128 valence electrons. The molecule has 5 nitrogen and oxygen atoms in total. The summed E-state index contributed by atoms with van der Waals surface area (Å²) in [4.78, 5) is 29.3. The third-order valence-electron chi connectivity index (χ3n) is 5.21. The first-order valence-electron chi connectivity index (χ1n) is 8.60. The van der Waals surface area contributed by atoms with Crippen LogP contribution in [0.2, 0.25) is 0 Å². The summed E-state index contributed by atoms with van der Waals surface area (Å²) in [6.45, 7) is 6.07. The number of nitrogen functional groups attached to an aromatic ring is 1. The lowest BCUT2D eigenvalue weighted by Gasteiger charge is -2.40. The average molecular weight is 327 g/mol. The highest BCUT2D eigenvalue weighted by atomic mass is 16.2. The highest BCUT2D eigenvalue weighted by Gasteiger charge is 2.38. The quantitative estimate of drug-likeness (QED) is 0.863. The van der Waals surface area contributed by atoms with E-state index in [2.05, 4.69) is 11.0 Å². The SMILES string of the molecule is CCN(CC)C(=O)C1C=C2c3cccc(N)c3C(=O)CC2N(C)C1. The Balaban J connectivity index is 2.05. The van der Waals surface area contributed by atoms with Gasteiger partial charge in [0, 0.05) is 43.3 Å². The van der Waals surface area contributed by atoms with Crippen LogP contribution in [-0.2, 0) is 4.79 Å². The van der Waals surface area contributed by atoms with Gasteiger partial charge < -0.3 is 10.6 Å². The first-order valence-corrected chi connectivity index (χ1v) is 8.60. The summed E-state index contributed by atoms with van der Waals surface area (Å²) in [7, 11) is 1.99. The minimum Gasteiger partial charge on any atom is -0.398 e. The van der Waals surface area contributed by atoms with Crippen LogP contribution in [0.15, 0.2) is 24.3 Å². The Morgan fingerprint density at radius 1 is 1.33 bits per heavy atom. The van der Waals surface area contributed by atoms with E-state index in [4.69, 9.17) is 5.73 Å². The molecule has 2 aliphatic rings. The van der Waals surface area contributed by atoms with Crippen molar-refractivity contribution < 1.29 is 9.59 Å². The molecule has 2 N–H and O–H groups in total. The zero-order chi connectivity index (χ0) is 17.4. The standard InChI is InChI=1S/C19H25N3O2/c1-4-22(5-2)19(24)12-9-14-13-7-6-8-15(20)18(13)17(23)10-16(14)21(3)11-12/h6-9,12,16H,4-5,10-11,20H2,1-3H3. The zero-order valence-electron chi connectivity index (χ0n) is 14.6. The van der Waals surface area contributed by atoms with Crippen molar-refractivity contribution in [2.24, 2.45) is 5.92 Å². The number of amides is 1. The van der Waals surface area contributed by atoms with E-state index >= 15 is 0 Å². The van der Waals surface area contributed by atoms with Crippen LogP contribution in [0, 0.1) is 5.92 Å². The van der Waals surface area contributed by atoms with Gasteiger partial charge in [-0.1, -0.05) is 18.2 Å². The molecule has 0 aromatic heterocycles. The Morgan fingerprint density at radius 3 is 2.71 bits per heavy atom. The van der Waals surface area contributed by atoms with Gasteiger partial charge in [-0.2, -0.15) is 0 Å². The van der Waals surface area contributed by atoms with Crippen molar-refractivity contribution in [3.8, 4) is 0 Å². The van der Waals surface area contributed by atoms with Crippen molar-refractivity contribution in [1.82, 2.24) is 9.80 Å². The number of carbonyl (C=O) groups is 2. The second-order valence-electron chi connectivity index (χ2n) is 6.59. The Labute approximate surface area is 143 Å². The van der Waals surface area contributed by atoms with E-state index in [1.165, 1.54) is 0 Å². The fourth-order valence-corrected chi connectivity index (χ4v) is 3.91. The van der Waals surface area contributed by atoms with E-state index in [0.717, 1.165) is 11.1 Å². The summed E-state index contributed by atoms with van der Waals surface area (Å²) < 4.78 is 0. The topological polar surface area (TPSA) is 66.6 Å². The van der Waals surface area contributed by atoms with Crippen LogP contribution in [0.25, 0.3) is 5.57 Å². The fraction of sp³-hybridized carbons (Fsp3) is 0.474. The van der Waals surface area contributed by atoms with Gasteiger partial charge in [-0.15, -0.1) is 0 Å². The van der Waals surface area contributed by atoms with E-state index < -0.39 is 0 Å². The summed E-state index contributed by atoms with van der Waals surface area (Å²) in [6, 6.07) is 5.62. The number of benzene rings is 1. The van der Waals surface area contributed by atoms with E-state index in [0.29, 0.717) is 37.3 Å². The van der Waals surface area contributed by atoms with Crippen molar-refractivity contribution in [2.45, 2.75) is 26.3 Å². The van der Waals surface area contributed by atoms with Crippen LogP contribution in [0.4, 0.5) is 5.69 Å². The lowest BCUT2D eigenvalue weighted by atomic mass is 9.78. The first kappa shape index (κ1) is 16.7. The van der Waals surface area contributed by atoms with Crippen LogP contribution in [0.1, 0.15) is 36.2 Å². The molecule has 0 radical (unpaired) electrons. The maximum absolute atomic E-state index is 12.8. The van der Waals surface area contributed by atoms with Gasteiger partial charge in [-0.3, -0.25) is 14.5 Å². The molecular weight excluding hydrogens is 302 g/mol. The molecule has 1 aromatic carbocycles. The van der Waals surface area contributed by atoms with Crippen LogP contribution >= 0.6 is 0 Å². The first-order chi connectivity index (χ1) is 11.5. The fourth-order valence-electron chi connectivity index (χ4n) is 3.91. The monoisotopic (exact) mass is 327 g/mol. The lowest BCUT2D eigenvalue weighted by molar-refractivity contribution is -0.134. The van der Waals surface area contributed by atoms with Gasteiger partial charge in [0.2, 0.25) is 5.91 Å². The van der Waals surface area contributed by atoms with Gasteiger partial charge in [0.15, 0.2) is 5.78 Å². The van der Waals surface area contributed by atoms with Crippen molar-refractivity contribution in [3.63, 3.8) is 0 Å². The molecule has 2 atom stereocenters. The Morgan fingerprint density at radius 2 is 2.04 bits per heavy atom. The van der Waals surface area contributed by atoms with Gasteiger partial charge in [-0.25, -0.2) is 0 Å². The highest BCUT2D eigenvalue weighted by Crippen LogP contribution is 2.39. The number of ketones is 1. The smallest absolute Gasteiger partial charge is 0.230 e. The lowest BCUT2D eigenvalue weighted by Crippen LogP contribution is -2.48. The predicted octanol–water partition coefficient (Wildman–Crippen LogP) is 2.04. The molecule has 5 heteroatoms. The largest absolute Gasteiger partial charge is 0.398 e. The summed E-state index contributed by atoms with van der Waals surface area (Å²) in [5, 5.41) is 0. The van der Waals surface area contributed by atoms with Crippen LogP contribution in [-0.4, -0.2) is 54.2 Å². The molecule has 1 aromatic rings. The third kappa shape index (κ3) is 2.63. The van der Waals surface area contributed by atoms with Gasteiger partial charge in [0.05, 0.1) is 5.92 Å². The molecule has 1 heterocycles. The third-order valence-corrected chi connectivity index (χ3v) is 5.21. The minimum atomic E-state index is -0.177. The summed E-state index contributed by atoms with van der Waals surface area (Å²) in [6.07, 6.45) is 2.49. The van der Waals surface area contributed by atoms with Crippen molar-refractivity contribution in [1.29, 1.82) is 0 Å². The maximum Gasteiger partial charge on any atom is 0.230 e. The Kier molecular flexibility index (Phi) is 4.45. The molecule has 0 bridgehead atoms. The molecule has 24 heavy (non-hydrogen) atoms. The molecule has 0 saturated carbocycles. The van der Waals surface area contributed by atoms with Crippen molar-refractivity contribution in [2.75, 3.05) is 32.4 Å².